The molecule has 9 rings (SSSR count). The second-order valence-corrected chi connectivity index (χ2v) is 14.1. The first-order valence-electron chi connectivity index (χ1n) is 21.6. The quantitative estimate of drug-likeness (QED) is 0.0275. The predicted octanol–water partition coefficient (Wildman–Crippen LogP) is 9.40. The summed E-state index contributed by atoms with van der Waals surface area (Å²) < 4.78 is 50.8. The fourth-order valence-corrected chi connectivity index (χ4v) is 5.52. The molecule has 0 saturated carbocycles. The molecular weight excluding hydrogens is 947 g/mol. The largest absolute Gasteiger partial charge is 0.476 e. The van der Waals surface area contributed by atoms with Crippen molar-refractivity contribution in [1.82, 2.24) is 25.0 Å². The van der Waals surface area contributed by atoms with Crippen LogP contribution in [0.3, 0.4) is 0 Å². The first-order valence-corrected chi connectivity index (χ1v) is 21.6. The summed E-state index contributed by atoms with van der Waals surface area (Å²) in [6, 6.07) is 21.0. The average molecular weight is 992 g/mol. The lowest BCUT2D eigenvalue weighted by molar-refractivity contribution is -0.153. The van der Waals surface area contributed by atoms with Crippen molar-refractivity contribution >= 4 is 41.0 Å². The Morgan fingerprint density at radius 2 is 1.08 bits per heavy atom. The van der Waals surface area contributed by atoms with E-state index in [2.05, 4.69) is 25.2 Å². The highest BCUT2D eigenvalue weighted by Crippen LogP contribution is 2.23. The van der Waals surface area contributed by atoms with Gasteiger partial charge in [-0.3, -0.25) is 19.2 Å². The molecule has 0 unspecified atom stereocenters. The van der Waals surface area contributed by atoms with Gasteiger partial charge in [0.25, 0.3) is 0 Å². The minimum absolute atomic E-state index is 0.0119. The molecule has 0 radical (unpaired) electrons. The number of Topliss-reactive ketones (excluding diaryl/α,β-unsaturated/α-hetero) is 4. The van der Waals surface area contributed by atoms with Crippen LogP contribution >= 0.6 is 0 Å². The zero-order valence-corrected chi connectivity index (χ0v) is 38.7. The molecule has 0 bridgehead atoms. The fourth-order valence-electron chi connectivity index (χ4n) is 5.52. The first kappa shape index (κ1) is 53.3. The molecule has 0 fully saturated rings. The Morgan fingerprint density at radius 3 is 1.53 bits per heavy atom. The standard InChI is InChI=1S/C15H15N3O3.C10H9NO4.C10H10O5.C8H5NO4.C6H6O2/c19-13(4-1-2-7-18-8-6-16-11-18)12-10-15(21-17-12)14-5-3-9-20-14;1-2-13-10(12)7-6-9(15-11-7)8-4-3-5-14-8;1-2-14-10(13)8(12)6-7(11)9-4-3-5-15-9;10-8(11)5-4-7(13-9-5)6-2-1-3-12-6;1-5(7)6-3-2-4-8-6/h3,5-6,8-11H,1-2,4,7H2;3-6H,2H2,1H3;3-5H,2,6H2,1H3;1-4H,(H,10,11);2-4H,1H3. The van der Waals surface area contributed by atoms with Crippen LogP contribution in [0.5, 0.6) is 0 Å². The number of ether oxygens (including phenoxy) is 2. The van der Waals surface area contributed by atoms with Crippen LogP contribution in [-0.4, -0.2) is 84.4 Å². The Morgan fingerprint density at radius 1 is 0.583 bits per heavy atom. The summed E-state index contributed by atoms with van der Waals surface area (Å²) in [7, 11) is 0. The summed E-state index contributed by atoms with van der Waals surface area (Å²) >= 11 is 0. The summed E-state index contributed by atoms with van der Waals surface area (Å²) in [5.41, 5.74) is 0.360. The second-order valence-electron chi connectivity index (χ2n) is 14.1. The number of carbonyl (C=O) groups excluding carboxylic acids is 6. The monoisotopic (exact) mass is 991 g/mol. The summed E-state index contributed by atoms with van der Waals surface area (Å²) in [6.07, 6.45) is 14.4. The van der Waals surface area contributed by atoms with E-state index in [1.807, 2.05) is 10.8 Å². The molecule has 72 heavy (non-hydrogen) atoms. The van der Waals surface area contributed by atoms with E-state index < -0.39 is 35.9 Å². The lowest BCUT2D eigenvalue weighted by Crippen LogP contribution is -2.20. The van der Waals surface area contributed by atoms with Gasteiger partial charge in [0.1, 0.15) is 5.69 Å². The number of aromatic nitrogens is 5. The maximum absolute atomic E-state index is 12.0. The fraction of sp³-hybridized carbons (Fsp3) is 0.204. The third-order valence-corrected chi connectivity index (χ3v) is 8.93. The molecule has 0 aliphatic rings. The number of imidazole rings is 1. The molecule has 9 heterocycles. The number of nitrogens with zero attached hydrogens (tertiary/aromatic N) is 5. The first-order chi connectivity index (χ1) is 34.9. The van der Waals surface area contributed by atoms with Crippen LogP contribution < -0.4 is 0 Å². The normalized spacial score (nSPS) is 10.2. The number of esters is 2. The smallest absolute Gasteiger partial charge is 0.375 e. The van der Waals surface area contributed by atoms with Crippen molar-refractivity contribution in [2.75, 3.05) is 13.2 Å². The number of furan rings is 5. The van der Waals surface area contributed by atoms with Gasteiger partial charge in [-0.15, -0.1) is 0 Å². The predicted molar refractivity (Wildman–Crippen MR) is 244 cm³/mol. The number of carbonyl (C=O) groups is 7. The third-order valence-electron chi connectivity index (χ3n) is 8.93. The van der Waals surface area contributed by atoms with E-state index in [9.17, 15) is 33.6 Å². The van der Waals surface area contributed by atoms with Gasteiger partial charge in [-0.1, -0.05) is 15.5 Å². The van der Waals surface area contributed by atoms with Crippen LogP contribution in [0.15, 0.2) is 165 Å². The average Bonchev–Trinajstić information content (AvgIpc) is 4.21. The Kier molecular flexibility index (Phi) is 20.7. The maximum atomic E-state index is 12.0. The molecule has 9 aromatic heterocycles. The van der Waals surface area contributed by atoms with Gasteiger partial charge in [0, 0.05) is 50.5 Å². The zero-order chi connectivity index (χ0) is 51.7. The van der Waals surface area contributed by atoms with Gasteiger partial charge in [-0.2, -0.15) is 0 Å². The number of carboxylic acids is 1. The van der Waals surface area contributed by atoms with E-state index in [-0.39, 0.29) is 35.3 Å². The topological polar surface area (TPSA) is 320 Å². The van der Waals surface area contributed by atoms with Crippen molar-refractivity contribution < 1.29 is 83.8 Å². The molecule has 23 nitrogen and oxygen atoms in total. The van der Waals surface area contributed by atoms with Crippen LogP contribution in [0.4, 0.5) is 0 Å². The number of rotatable bonds is 18. The van der Waals surface area contributed by atoms with Gasteiger partial charge >= 0.3 is 17.9 Å². The molecule has 0 amide bonds. The molecule has 1 N–H and O–H groups in total. The number of hydrogen-bond acceptors (Lipinski definition) is 21. The van der Waals surface area contributed by atoms with Crippen LogP contribution in [0, 0.1) is 0 Å². The van der Waals surface area contributed by atoms with Crippen molar-refractivity contribution in [2.45, 2.75) is 53.0 Å². The van der Waals surface area contributed by atoms with Crippen molar-refractivity contribution in [2.24, 2.45) is 0 Å². The lowest BCUT2D eigenvalue weighted by Gasteiger charge is -2.00. The van der Waals surface area contributed by atoms with E-state index in [1.54, 1.807) is 87.2 Å². The summed E-state index contributed by atoms with van der Waals surface area (Å²) in [4.78, 5) is 81.4. The molecule has 0 atom stereocenters. The molecule has 0 aromatic carbocycles. The lowest BCUT2D eigenvalue weighted by atomic mass is 10.1. The maximum Gasteiger partial charge on any atom is 0.375 e. The van der Waals surface area contributed by atoms with Crippen LogP contribution in [0.25, 0.3) is 34.6 Å². The molecule has 23 heteroatoms. The van der Waals surface area contributed by atoms with Gasteiger partial charge in [0.2, 0.25) is 28.8 Å². The highest BCUT2D eigenvalue weighted by Gasteiger charge is 2.21. The highest BCUT2D eigenvalue weighted by atomic mass is 16.5. The van der Waals surface area contributed by atoms with E-state index in [4.69, 9.17) is 45.5 Å². The summed E-state index contributed by atoms with van der Waals surface area (Å²) in [6.45, 7) is 6.06. The van der Waals surface area contributed by atoms with Crippen molar-refractivity contribution in [3.8, 4) is 34.6 Å². The van der Waals surface area contributed by atoms with E-state index in [0.717, 1.165) is 19.4 Å². The van der Waals surface area contributed by atoms with E-state index >= 15 is 0 Å². The van der Waals surface area contributed by atoms with Gasteiger partial charge in [-0.05, 0) is 87.4 Å². The molecule has 9 aromatic rings. The molecule has 0 aliphatic carbocycles. The molecule has 0 aliphatic heterocycles. The van der Waals surface area contributed by atoms with Crippen LogP contribution in [-0.2, 0) is 25.6 Å². The zero-order valence-electron chi connectivity index (χ0n) is 38.7. The molecule has 374 valence electrons. The molecular formula is C49H45N5O18. The minimum Gasteiger partial charge on any atom is -0.476 e. The van der Waals surface area contributed by atoms with E-state index in [1.165, 1.54) is 56.2 Å². The highest BCUT2D eigenvalue weighted by molar-refractivity contribution is 6.38. The Labute approximate surface area is 407 Å². The number of hydrogen-bond donors (Lipinski definition) is 1. The summed E-state index contributed by atoms with van der Waals surface area (Å²) in [5, 5.41) is 19.3. The van der Waals surface area contributed by atoms with Gasteiger partial charge in [0.05, 0.1) is 57.3 Å². The van der Waals surface area contributed by atoms with Crippen molar-refractivity contribution in [3.05, 3.63) is 158 Å². The van der Waals surface area contributed by atoms with Crippen LogP contribution in [0.2, 0.25) is 0 Å². The number of unbranched alkanes of at least 4 members (excludes halogenated alkanes) is 1. The minimum atomic E-state index is -1.12. The SMILES string of the molecule is CC(=O)c1ccco1.CCOC(=O)C(=O)CC(=O)c1ccco1.CCOC(=O)c1cc(-c2ccco2)on1.O=C(CCCCn1ccnc1)c1cc(-c2ccco2)on1.O=C(O)c1cc(-c2ccco2)on1. The summed E-state index contributed by atoms with van der Waals surface area (Å²) in [5.74, 6) is -0.823. The van der Waals surface area contributed by atoms with Gasteiger partial charge < -0.3 is 54.8 Å². The molecule has 0 spiro atoms. The van der Waals surface area contributed by atoms with Gasteiger partial charge in [-0.25, -0.2) is 19.4 Å². The van der Waals surface area contributed by atoms with Gasteiger partial charge in [0.15, 0.2) is 51.8 Å². The number of ketones is 4. The number of aromatic carboxylic acids is 1. The Bertz CT molecular complexity index is 3010. The Hall–Kier alpha value is -9.67. The number of aryl methyl sites for hydroxylation is 1. The van der Waals surface area contributed by atoms with E-state index in [0.29, 0.717) is 59.0 Å². The van der Waals surface area contributed by atoms with Crippen molar-refractivity contribution in [1.29, 1.82) is 0 Å². The number of carboxylic acid groups (broad SMARTS) is 1. The Balaban J connectivity index is 0.000000172. The molecule has 0 saturated heterocycles. The third kappa shape index (κ3) is 16.8. The van der Waals surface area contributed by atoms with Crippen molar-refractivity contribution in [3.63, 3.8) is 0 Å². The van der Waals surface area contributed by atoms with Crippen LogP contribution in [0.1, 0.15) is 99.0 Å². The second kappa shape index (κ2) is 28.0.